The van der Waals surface area contributed by atoms with Gasteiger partial charge in [0.25, 0.3) is 0 Å². The first-order chi connectivity index (χ1) is 9.22. The summed E-state index contributed by atoms with van der Waals surface area (Å²) in [6, 6.07) is 17.0. The first-order valence-electron chi connectivity index (χ1n) is 6.07. The molecule has 0 heterocycles. The monoisotopic (exact) mass is 336 g/mol. The lowest BCUT2D eigenvalue weighted by Crippen LogP contribution is -2.29. The van der Waals surface area contributed by atoms with E-state index in [4.69, 9.17) is 5.84 Å². The molecule has 2 aromatic rings. The maximum Gasteiger partial charge on any atom is 0.0500 e. The Bertz CT molecular complexity index is 511. The number of nitrogens with two attached hydrogens (primary N) is 1. The van der Waals surface area contributed by atoms with Crippen molar-refractivity contribution >= 4 is 27.7 Å². The molecule has 0 radical (unpaired) electrons. The molecule has 100 valence electrons. The SMILES string of the molecule is CSc1ccc(C(Cc2ccc(Br)cc2)NN)cc1. The van der Waals surface area contributed by atoms with E-state index in [1.165, 1.54) is 16.0 Å². The van der Waals surface area contributed by atoms with Crippen LogP contribution in [0.15, 0.2) is 57.9 Å². The van der Waals surface area contributed by atoms with Crippen LogP contribution in [-0.4, -0.2) is 6.26 Å². The van der Waals surface area contributed by atoms with Gasteiger partial charge in [0.15, 0.2) is 0 Å². The molecule has 0 saturated heterocycles. The molecule has 0 fully saturated rings. The first-order valence-corrected chi connectivity index (χ1v) is 8.09. The highest BCUT2D eigenvalue weighted by molar-refractivity contribution is 9.10. The van der Waals surface area contributed by atoms with Crippen LogP contribution in [0.5, 0.6) is 0 Å². The quantitative estimate of drug-likeness (QED) is 0.493. The number of hydrogen-bond donors (Lipinski definition) is 2. The number of halogens is 1. The molecule has 0 aliphatic rings. The highest BCUT2D eigenvalue weighted by Crippen LogP contribution is 2.22. The fourth-order valence-electron chi connectivity index (χ4n) is 1.97. The Kier molecular flexibility index (Phi) is 5.45. The lowest BCUT2D eigenvalue weighted by Gasteiger charge is -2.17. The second-order valence-corrected chi connectivity index (χ2v) is 6.12. The smallest absolute Gasteiger partial charge is 0.0500 e. The minimum absolute atomic E-state index is 0.136. The molecular weight excluding hydrogens is 320 g/mol. The Balaban J connectivity index is 2.12. The molecule has 3 N–H and O–H groups in total. The number of nitrogens with one attached hydrogen (secondary N) is 1. The molecule has 0 bridgehead atoms. The van der Waals surface area contributed by atoms with E-state index in [0.717, 1.165) is 10.9 Å². The fourth-order valence-corrected chi connectivity index (χ4v) is 2.64. The summed E-state index contributed by atoms with van der Waals surface area (Å²) in [6.45, 7) is 0. The zero-order valence-electron chi connectivity index (χ0n) is 10.8. The van der Waals surface area contributed by atoms with Crippen molar-refractivity contribution in [1.82, 2.24) is 5.43 Å². The maximum atomic E-state index is 5.69. The van der Waals surface area contributed by atoms with Crippen molar-refractivity contribution < 1.29 is 0 Å². The summed E-state index contributed by atoms with van der Waals surface area (Å²) < 4.78 is 1.10. The van der Waals surface area contributed by atoms with Crippen LogP contribution in [0.25, 0.3) is 0 Å². The molecule has 2 rings (SSSR count). The molecule has 0 spiro atoms. The summed E-state index contributed by atoms with van der Waals surface area (Å²) in [7, 11) is 0. The number of benzene rings is 2. The van der Waals surface area contributed by atoms with E-state index in [2.05, 4.69) is 76.1 Å². The van der Waals surface area contributed by atoms with E-state index < -0.39 is 0 Å². The number of thioether (sulfide) groups is 1. The van der Waals surface area contributed by atoms with Gasteiger partial charge >= 0.3 is 0 Å². The van der Waals surface area contributed by atoms with E-state index >= 15 is 0 Å². The highest BCUT2D eigenvalue weighted by atomic mass is 79.9. The summed E-state index contributed by atoms with van der Waals surface area (Å²) in [4.78, 5) is 1.27. The van der Waals surface area contributed by atoms with E-state index in [9.17, 15) is 0 Å². The minimum Gasteiger partial charge on any atom is -0.271 e. The van der Waals surface area contributed by atoms with E-state index in [1.807, 2.05) is 0 Å². The normalized spacial score (nSPS) is 12.4. The Morgan fingerprint density at radius 3 is 2.26 bits per heavy atom. The molecule has 0 amide bonds. The van der Waals surface area contributed by atoms with Crippen LogP contribution in [-0.2, 0) is 6.42 Å². The Morgan fingerprint density at radius 2 is 1.74 bits per heavy atom. The molecule has 1 unspecified atom stereocenters. The number of rotatable bonds is 5. The molecule has 19 heavy (non-hydrogen) atoms. The second-order valence-electron chi connectivity index (χ2n) is 4.32. The topological polar surface area (TPSA) is 38.0 Å². The Hall–Kier alpha value is -0.810. The van der Waals surface area contributed by atoms with Crippen LogP contribution in [0.3, 0.4) is 0 Å². The summed E-state index contributed by atoms with van der Waals surface area (Å²) >= 11 is 5.19. The number of hydrazine groups is 1. The third-order valence-electron chi connectivity index (χ3n) is 3.07. The molecule has 1 atom stereocenters. The van der Waals surface area contributed by atoms with Gasteiger partial charge in [-0.3, -0.25) is 11.3 Å². The van der Waals surface area contributed by atoms with Crippen molar-refractivity contribution in [2.75, 3.05) is 6.26 Å². The van der Waals surface area contributed by atoms with Gasteiger partial charge in [0.1, 0.15) is 0 Å². The van der Waals surface area contributed by atoms with Gasteiger partial charge in [0.2, 0.25) is 0 Å². The van der Waals surface area contributed by atoms with Crippen molar-refractivity contribution in [2.45, 2.75) is 17.4 Å². The summed E-state index contributed by atoms with van der Waals surface area (Å²) in [6.07, 6.45) is 2.96. The zero-order chi connectivity index (χ0) is 13.7. The lowest BCUT2D eigenvalue weighted by molar-refractivity contribution is 0.551. The summed E-state index contributed by atoms with van der Waals surface area (Å²) in [5.41, 5.74) is 5.38. The molecule has 0 aliphatic heterocycles. The molecule has 0 aromatic heterocycles. The maximum absolute atomic E-state index is 5.69. The van der Waals surface area contributed by atoms with E-state index in [0.29, 0.717) is 0 Å². The predicted octanol–water partition coefficient (Wildman–Crippen LogP) is 3.92. The van der Waals surface area contributed by atoms with Crippen LogP contribution in [0, 0.1) is 0 Å². The minimum atomic E-state index is 0.136. The van der Waals surface area contributed by atoms with Crippen molar-refractivity contribution in [3.8, 4) is 0 Å². The summed E-state index contributed by atoms with van der Waals surface area (Å²) in [5, 5.41) is 0. The van der Waals surface area contributed by atoms with Gasteiger partial charge < -0.3 is 0 Å². The van der Waals surface area contributed by atoms with Gasteiger partial charge in [-0.1, -0.05) is 40.2 Å². The van der Waals surface area contributed by atoms with Crippen LogP contribution in [0.4, 0.5) is 0 Å². The van der Waals surface area contributed by atoms with Gasteiger partial charge in [-0.2, -0.15) is 0 Å². The largest absolute Gasteiger partial charge is 0.271 e. The lowest BCUT2D eigenvalue weighted by atomic mass is 9.99. The summed E-state index contributed by atoms with van der Waals surface area (Å²) in [5.74, 6) is 5.69. The zero-order valence-corrected chi connectivity index (χ0v) is 13.2. The van der Waals surface area contributed by atoms with Crippen molar-refractivity contribution in [3.63, 3.8) is 0 Å². The number of hydrogen-bond acceptors (Lipinski definition) is 3. The van der Waals surface area contributed by atoms with Gasteiger partial charge in [-0.05, 0) is 48.1 Å². The van der Waals surface area contributed by atoms with E-state index in [1.54, 1.807) is 11.8 Å². The third kappa shape index (κ3) is 4.08. The predicted molar refractivity (Wildman–Crippen MR) is 86.1 cm³/mol. The van der Waals surface area contributed by atoms with Gasteiger partial charge in [0.05, 0.1) is 0 Å². The highest BCUT2D eigenvalue weighted by Gasteiger charge is 2.10. The van der Waals surface area contributed by atoms with Crippen molar-refractivity contribution in [3.05, 3.63) is 64.1 Å². The van der Waals surface area contributed by atoms with Gasteiger partial charge in [-0.15, -0.1) is 11.8 Å². The Labute approximate surface area is 126 Å². The molecule has 0 saturated carbocycles. The standard InChI is InChI=1S/C15H17BrN2S/c1-19-14-8-4-12(5-9-14)15(18-17)10-11-2-6-13(16)7-3-11/h2-9,15,18H,10,17H2,1H3. The van der Waals surface area contributed by atoms with Crippen LogP contribution in [0.1, 0.15) is 17.2 Å². The van der Waals surface area contributed by atoms with E-state index in [-0.39, 0.29) is 6.04 Å². The second kappa shape index (κ2) is 7.10. The third-order valence-corrected chi connectivity index (χ3v) is 4.34. The molecule has 4 heteroatoms. The van der Waals surface area contributed by atoms with Gasteiger partial charge in [-0.25, -0.2) is 0 Å². The fraction of sp³-hybridized carbons (Fsp3) is 0.200. The van der Waals surface area contributed by atoms with Crippen molar-refractivity contribution in [2.24, 2.45) is 5.84 Å². The molecule has 2 nitrogen and oxygen atoms in total. The van der Waals surface area contributed by atoms with Crippen molar-refractivity contribution in [1.29, 1.82) is 0 Å². The molecular formula is C15H17BrN2S. The molecule has 2 aromatic carbocycles. The van der Waals surface area contributed by atoms with Crippen LogP contribution >= 0.6 is 27.7 Å². The molecule has 0 aliphatic carbocycles. The van der Waals surface area contributed by atoms with Gasteiger partial charge in [0, 0.05) is 15.4 Å². The average Bonchev–Trinajstić information content (AvgIpc) is 2.47. The van der Waals surface area contributed by atoms with Crippen LogP contribution < -0.4 is 11.3 Å². The first kappa shape index (κ1) is 14.6. The Morgan fingerprint density at radius 1 is 1.11 bits per heavy atom. The average molecular weight is 337 g/mol. The van der Waals surface area contributed by atoms with Crippen LogP contribution in [0.2, 0.25) is 0 Å².